The lowest BCUT2D eigenvalue weighted by Gasteiger charge is -2.14. The molecule has 0 saturated heterocycles. The molecule has 0 spiro atoms. The van der Waals surface area contributed by atoms with E-state index in [0.29, 0.717) is 6.04 Å². The minimum Gasteiger partial charge on any atom is -0.382 e. The second-order valence-electron chi connectivity index (χ2n) is 4.11. The largest absolute Gasteiger partial charge is 0.382 e. The fourth-order valence-corrected chi connectivity index (χ4v) is 2.01. The average Bonchev–Trinajstić information content (AvgIpc) is 2.61. The standard InChI is InChI=1S/C10H20N2O2/c1-2-7-3-4-8(5-7)12-6-9(13)10(11)14/h7-9,12-13H,2-6H2,1H3,(H2,11,14). The summed E-state index contributed by atoms with van der Waals surface area (Å²) in [6.07, 6.45) is 3.72. The zero-order valence-electron chi connectivity index (χ0n) is 8.70. The molecule has 0 heterocycles. The van der Waals surface area contributed by atoms with E-state index in [0.717, 1.165) is 18.8 Å². The van der Waals surface area contributed by atoms with E-state index in [9.17, 15) is 9.90 Å². The summed E-state index contributed by atoms with van der Waals surface area (Å²) < 4.78 is 0. The molecule has 82 valence electrons. The van der Waals surface area contributed by atoms with Gasteiger partial charge in [-0.15, -0.1) is 0 Å². The molecule has 0 aromatic heterocycles. The number of hydrogen-bond donors (Lipinski definition) is 3. The molecule has 1 rings (SSSR count). The molecule has 1 aliphatic carbocycles. The van der Waals surface area contributed by atoms with Crippen molar-refractivity contribution in [3.05, 3.63) is 0 Å². The van der Waals surface area contributed by atoms with Gasteiger partial charge in [-0.2, -0.15) is 0 Å². The first-order valence-corrected chi connectivity index (χ1v) is 5.34. The Balaban J connectivity index is 2.17. The first-order chi connectivity index (χ1) is 6.63. The maximum atomic E-state index is 10.6. The minimum atomic E-state index is -1.05. The highest BCUT2D eigenvalue weighted by molar-refractivity contribution is 5.78. The summed E-state index contributed by atoms with van der Waals surface area (Å²) in [5.74, 6) is 0.153. The van der Waals surface area contributed by atoms with E-state index < -0.39 is 12.0 Å². The second-order valence-corrected chi connectivity index (χ2v) is 4.11. The SMILES string of the molecule is CCC1CCC(NCC(O)C(N)=O)C1. The number of nitrogens with two attached hydrogens (primary N) is 1. The topological polar surface area (TPSA) is 75.3 Å². The Hall–Kier alpha value is -0.610. The minimum absolute atomic E-state index is 0.288. The van der Waals surface area contributed by atoms with Crippen LogP contribution < -0.4 is 11.1 Å². The van der Waals surface area contributed by atoms with Crippen LogP contribution in [0.2, 0.25) is 0 Å². The summed E-state index contributed by atoms with van der Waals surface area (Å²) in [5, 5.41) is 12.3. The number of primary amides is 1. The van der Waals surface area contributed by atoms with Crippen molar-refractivity contribution < 1.29 is 9.90 Å². The highest BCUT2D eigenvalue weighted by Crippen LogP contribution is 2.27. The van der Waals surface area contributed by atoms with Gasteiger partial charge in [0, 0.05) is 12.6 Å². The van der Waals surface area contributed by atoms with E-state index in [-0.39, 0.29) is 6.54 Å². The monoisotopic (exact) mass is 200 g/mol. The molecule has 0 radical (unpaired) electrons. The highest BCUT2D eigenvalue weighted by atomic mass is 16.3. The molecule has 0 bridgehead atoms. The summed E-state index contributed by atoms with van der Waals surface area (Å²) in [4.78, 5) is 10.6. The number of amides is 1. The van der Waals surface area contributed by atoms with E-state index in [4.69, 9.17) is 5.73 Å². The zero-order valence-corrected chi connectivity index (χ0v) is 8.70. The maximum absolute atomic E-state index is 10.6. The molecule has 0 aliphatic heterocycles. The third-order valence-corrected chi connectivity index (χ3v) is 3.05. The molecule has 1 amide bonds. The molecule has 1 saturated carbocycles. The second kappa shape index (κ2) is 5.32. The van der Waals surface area contributed by atoms with Crippen molar-refractivity contribution in [3.63, 3.8) is 0 Å². The van der Waals surface area contributed by atoms with E-state index in [2.05, 4.69) is 12.2 Å². The van der Waals surface area contributed by atoms with Crippen molar-refractivity contribution in [1.82, 2.24) is 5.32 Å². The van der Waals surface area contributed by atoms with Crippen LogP contribution in [0.3, 0.4) is 0 Å². The van der Waals surface area contributed by atoms with Crippen LogP contribution in [0.25, 0.3) is 0 Å². The Morgan fingerprint density at radius 1 is 1.64 bits per heavy atom. The predicted molar refractivity (Wildman–Crippen MR) is 54.6 cm³/mol. The van der Waals surface area contributed by atoms with Gasteiger partial charge in [0.25, 0.3) is 0 Å². The molecule has 1 fully saturated rings. The molecule has 3 atom stereocenters. The Bertz CT molecular complexity index is 197. The Morgan fingerprint density at radius 2 is 2.36 bits per heavy atom. The smallest absolute Gasteiger partial charge is 0.247 e. The van der Waals surface area contributed by atoms with Gasteiger partial charge in [-0.25, -0.2) is 0 Å². The van der Waals surface area contributed by atoms with Crippen molar-refractivity contribution in [2.24, 2.45) is 11.7 Å². The quantitative estimate of drug-likeness (QED) is 0.585. The lowest BCUT2D eigenvalue weighted by molar-refractivity contribution is -0.125. The van der Waals surface area contributed by atoms with Crippen LogP contribution in [0.5, 0.6) is 0 Å². The van der Waals surface area contributed by atoms with Crippen LogP contribution in [0.4, 0.5) is 0 Å². The summed E-state index contributed by atoms with van der Waals surface area (Å²) in [5.41, 5.74) is 4.95. The molecule has 0 aromatic carbocycles. The van der Waals surface area contributed by atoms with Crippen LogP contribution in [-0.4, -0.2) is 29.7 Å². The van der Waals surface area contributed by atoms with Crippen LogP contribution in [0, 0.1) is 5.92 Å². The number of aliphatic hydroxyl groups is 1. The molecule has 0 aromatic rings. The van der Waals surface area contributed by atoms with Gasteiger partial charge in [0.1, 0.15) is 6.10 Å². The van der Waals surface area contributed by atoms with E-state index in [1.807, 2.05) is 0 Å². The molecule has 4 nitrogen and oxygen atoms in total. The zero-order chi connectivity index (χ0) is 10.6. The van der Waals surface area contributed by atoms with E-state index >= 15 is 0 Å². The van der Waals surface area contributed by atoms with Gasteiger partial charge in [-0.1, -0.05) is 13.3 Å². The van der Waals surface area contributed by atoms with Crippen LogP contribution in [0.15, 0.2) is 0 Å². The number of carbonyl (C=O) groups excluding carboxylic acids is 1. The van der Waals surface area contributed by atoms with Crippen LogP contribution >= 0.6 is 0 Å². The van der Waals surface area contributed by atoms with Gasteiger partial charge in [0.15, 0.2) is 0 Å². The maximum Gasteiger partial charge on any atom is 0.247 e. The number of aliphatic hydroxyl groups excluding tert-OH is 1. The lowest BCUT2D eigenvalue weighted by Crippen LogP contribution is -2.41. The third-order valence-electron chi connectivity index (χ3n) is 3.05. The first-order valence-electron chi connectivity index (χ1n) is 5.34. The lowest BCUT2D eigenvalue weighted by atomic mass is 10.1. The van der Waals surface area contributed by atoms with Gasteiger partial charge >= 0.3 is 0 Å². The third kappa shape index (κ3) is 3.27. The molecule has 14 heavy (non-hydrogen) atoms. The molecule has 4 heteroatoms. The van der Waals surface area contributed by atoms with Gasteiger partial charge in [0.2, 0.25) is 5.91 Å². The van der Waals surface area contributed by atoms with Crippen molar-refractivity contribution in [2.45, 2.75) is 44.8 Å². The van der Waals surface area contributed by atoms with Crippen molar-refractivity contribution in [3.8, 4) is 0 Å². The number of nitrogens with one attached hydrogen (secondary N) is 1. The Kier molecular flexibility index (Phi) is 4.35. The van der Waals surface area contributed by atoms with Crippen molar-refractivity contribution in [2.75, 3.05) is 6.54 Å². The summed E-state index contributed by atoms with van der Waals surface area (Å²) in [6, 6.07) is 0.453. The van der Waals surface area contributed by atoms with Gasteiger partial charge in [-0.3, -0.25) is 4.79 Å². The van der Waals surface area contributed by atoms with Crippen LogP contribution in [-0.2, 0) is 4.79 Å². The molecule has 3 unspecified atom stereocenters. The summed E-state index contributed by atoms with van der Waals surface area (Å²) in [7, 11) is 0. The summed E-state index contributed by atoms with van der Waals surface area (Å²) in [6.45, 7) is 2.49. The number of hydrogen-bond acceptors (Lipinski definition) is 3. The molecule has 1 aliphatic rings. The molecule has 4 N–H and O–H groups in total. The molecular formula is C10H20N2O2. The molecular weight excluding hydrogens is 180 g/mol. The van der Waals surface area contributed by atoms with Gasteiger partial charge in [0.05, 0.1) is 0 Å². The van der Waals surface area contributed by atoms with Crippen molar-refractivity contribution >= 4 is 5.91 Å². The van der Waals surface area contributed by atoms with E-state index in [1.54, 1.807) is 0 Å². The highest BCUT2D eigenvalue weighted by Gasteiger charge is 2.23. The predicted octanol–water partition coefficient (Wildman–Crippen LogP) is 0.000900. The van der Waals surface area contributed by atoms with E-state index in [1.165, 1.54) is 12.8 Å². The van der Waals surface area contributed by atoms with Crippen molar-refractivity contribution in [1.29, 1.82) is 0 Å². The fraction of sp³-hybridized carbons (Fsp3) is 0.900. The van der Waals surface area contributed by atoms with Gasteiger partial charge < -0.3 is 16.2 Å². The van der Waals surface area contributed by atoms with Gasteiger partial charge in [-0.05, 0) is 25.2 Å². The Morgan fingerprint density at radius 3 is 2.86 bits per heavy atom. The van der Waals surface area contributed by atoms with Crippen LogP contribution in [0.1, 0.15) is 32.6 Å². The fourth-order valence-electron chi connectivity index (χ4n) is 2.01. The first kappa shape index (κ1) is 11.5. The average molecular weight is 200 g/mol. The summed E-state index contributed by atoms with van der Waals surface area (Å²) >= 11 is 0. The number of rotatable bonds is 5. The normalized spacial score (nSPS) is 29.0. The number of carbonyl (C=O) groups is 1. The Labute approximate surface area is 84.9 Å².